The molecule has 0 radical (unpaired) electrons. The number of carbonyl (C=O) groups excluding carboxylic acids is 1. The second-order valence-electron chi connectivity index (χ2n) is 6.38. The molecule has 2 aliphatic heterocycles. The summed E-state index contributed by atoms with van der Waals surface area (Å²) in [6.07, 6.45) is 0.724. The minimum atomic E-state index is -0.777. The summed E-state index contributed by atoms with van der Waals surface area (Å²) >= 11 is 0. The third kappa shape index (κ3) is 3.30. The van der Waals surface area contributed by atoms with Crippen LogP contribution in [0.4, 0.5) is 0 Å². The number of hydrogen-bond acceptors (Lipinski definition) is 4. The molecular formula is C14H24N2O4. The van der Waals surface area contributed by atoms with Gasteiger partial charge in [-0.1, -0.05) is 0 Å². The summed E-state index contributed by atoms with van der Waals surface area (Å²) in [5.41, 5.74) is -0.716. The second kappa shape index (κ2) is 5.69. The maximum atomic E-state index is 12.3. The molecular weight excluding hydrogens is 260 g/mol. The summed E-state index contributed by atoms with van der Waals surface area (Å²) in [6, 6.07) is 0. The minimum Gasteiger partial charge on any atom is -0.481 e. The highest BCUT2D eigenvalue weighted by Crippen LogP contribution is 2.29. The summed E-state index contributed by atoms with van der Waals surface area (Å²) in [5, 5.41) is 9.20. The Bertz CT molecular complexity index is 391. The molecule has 1 N–H and O–H groups in total. The Morgan fingerprint density at radius 2 is 1.90 bits per heavy atom. The van der Waals surface area contributed by atoms with Crippen LogP contribution in [0, 0.1) is 5.41 Å². The molecule has 6 nitrogen and oxygen atoms in total. The van der Waals surface area contributed by atoms with Gasteiger partial charge in [-0.2, -0.15) is 0 Å². The normalized spacial score (nSPS) is 35.2. The van der Waals surface area contributed by atoms with Gasteiger partial charge in [-0.25, -0.2) is 0 Å². The Kier molecular flexibility index (Phi) is 4.34. The topological polar surface area (TPSA) is 70.1 Å². The van der Waals surface area contributed by atoms with Crippen molar-refractivity contribution in [3.8, 4) is 0 Å². The van der Waals surface area contributed by atoms with Gasteiger partial charge in [0.05, 0.1) is 24.2 Å². The quantitative estimate of drug-likeness (QED) is 0.813. The SMILES string of the molecule is CC1CN(C(=O)CN2CCC(C)(C(=O)O)C2)CC(C)O1. The predicted octanol–water partition coefficient (Wildman–Crippen LogP) is 0.419. The fraction of sp³-hybridized carbons (Fsp3) is 0.857. The number of likely N-dealkylation sites (tertiary alicyclic amines) is 1. The lowest BCUT2D eigenvalue weighted by molar-refractivity contribution is -0.148. The van der Waals surface area contributed by atoms with Gasteiger partial charge >= 0.3 is 5.97 Å². The van der Waals surface area contributed by atoms with E-state index in [-0.39, 0.29) is 18.1 Å². The first kappa shape index (κ1) is 15.3. The van der Waals surface area contributed by atoms with Gasteiger partial charge in [-0.15, -0.1) is 0 Å². The van der Waals surface area contributed by atoms with Gasteiger partial charge in [0.1, 0.15) is 0 Å². The van der Waals surface area contributed by atoms with Crippen LogP contribution in [-0.4, -0.2) is 71.7 Å². The van der Waals surface area contributed by atoms with E-state index >= 15 is 0 Å². The molecule has 0 aromatic rings. The van der Waals surface area contributed by atoms with Crippen LogP contribution < -0.4 is 0 Å². The zero-order valence-electron chi connectivity index (χ0n) is 12.5. The summed E-state index contributed by atoms with van der Waals surface area (Å²) < 4.78 is 5.62. The average Bonchev–Trinajstić information content (AvgIpc) is 2.71. The van der Waals surface area contributed by atoms with E-state index in [1.807, 2.05) is 23.6 Å². The van der Waals surface area contributed by atoms with E-state index in [1.54, 1.807) is 6.92 Å². The number of carboxylic acids is 1. The highest BCUT2D eigenvalue weighted by atomic mass is 16.5. The van der Waals surface area contributed by atoms with Crippen LogP contribution in [-0.2, 0) is 14.3 Å². The molecule has 2 saturated heterocycles. The minimum absolute atomic E-state index is 0.0607. The van der Waals surface area contributed by atoms with Crippen molar-refractivity contribution in [3.05, 3.63) is 0 Å². The van der Waals surface area contributed by atoms with Crippen molar-refractivity contribution in [2.75, 3.05) is 32.7 Å². The van der Waals surface area contributed by atoms with Gasteiger partial charge in [0.25, 0.3) is 0 Å². The van der Waals surface area contributed by atoms with Gasteiger partial charge in [-0.05, 0) is 33.7 Å². The molecule has 0 spiro atoms. The van der Waals surface area contributed by atoms with Gasteiger partial charge in [0.2, 0.25) is 5.91 Å². The van der Waals surface area contributed by atoms with E-state index in [9.17, 15) is 14.7 Å². The van der Waals surface area contributed by atoms with Gasteiger partial charge < -0.3 is 14.7 Å². The molecule has 20 heavy (non-hydrogen) atoms. The van der Waals surface area contributed by atoms with E-state index in [0.29, 0.717) is 39.1 Å². The fourth-order valence-electron chi connectivity index (χ4n) is 3.04. The Labute approximate surface area is 119 Å². The van der Waals surface area contributed by atoms with Crippen molar-refractivity contribution >= 4 is 11.9 Å². The van der Waals surface area contributed by atoms with Gasteiger partial charge in [0, 0.05) is 19.6 Å². The van der Waals surface area contributed by atoms with Crippen LogP contribution in [0.2, 0.25) is 0 Å². The lowest BCUT2D eigenvalue weighted by Gasteiger charge is -2.36. The van der Waals surface area contributed by atoms with Crippen LogP contribution >= 0.6 is 0 Å². The number of morpholine rings is 1. The zero-order chi connectivity index (χ0) is 14.9. The van der Waals surface area contributed by atoms with Crippen molar-refractivity contribution in [2.24, 2.45) is 5.41 Å². The van der Waals surface area contributed by atoms with Crippen LogP contribution in [0.15, 0.2) is 0 Å². The molecule has 1 amide bonds. The highest BCUT2D eigenvalue weighted by molar-refractivity contribution is 5.79. The van der Waals surface area contributed by atoms with Gasteiger partial charge in [0.15, 0.2) is 0 Å². The van der Waals surface area contributed by atoms with Crippen molar-refractivity contribution in [3.63, 3.8) is 0 Å². The lowest BCUT2D eigenvalue weighted by atomic mass is 9.90. The number of aliphatic carboxylic acids is 1. The largest absolute Gasteiger partial charge is 0.481 e. The van der Waals surface area contributed by atoms with Crippen molar-refractivity contribution < 1.29 is 19.4 Å². The molecule has 114 valence electrons. The number of carbonyl (C=O) groups is 2. The van der Waals surface area contributed by atoms with E-state index in [2.05, 4.69) is 0 Å². The van der Waals surface area contributed by atoms with Crippen molar-refractivity contribution in [2.45, 2.75) is 39.4 Å². The Morgan fingerprint density at radius 1 is 1.30 bits per heavy atom. The van der Waals surface area contributed by atoms with Gasteiger partial charge in [-0.3, -0.25) is 14.5 Å². The maximum Gasteiger partial charge on any atom is 0.310 e. The number of carboxylic acid groups (broad SMARTS) is 1. The summed E-state index contributed by atoms with van der Waals surface area (Å²) in [6.45, 7) is 8.34. The number of nitrogens with zero attached hydrogens (tertiary/aromatic N) is 2. The first-order valence-corrected chi connectivity index (χ1v) is 7.19. The third-order valence-corrected chi connectivity index (χ3v) is 4.20. The highest BCUT2D eigenvalue weighted by Gasteiger charge is 2.41. The second-order valence-corrected chi connectivity index (χ2v) is 6.38. The van der Waals surface area contributed by atoms with Crippen LogP contribution in [0.5, 0.6) is 0 Å². The molecule has 0 aromatic carbocycles. The molecule has 3 unspecified atom stereocenters. The molecule has 2 aliphatic rings. The molecule has 3 atom stereocenters. The monoisotopic (exact) mass is 284 g/mol. The Morgan fingerprint density at radius 3 is 2.40 bits per heavy atom. The number of rotatable bonds is 3. The first-order valence-electron chi connectivity index (χ1n) is 7.19. The fourth-order valence-corrected chi connectivity index (χ4v) is 3.04. The molecule has 0 bridgehead atoms. The molecule has 2 fully saturated rings. The molecule has 0 aliphatic carbocycles. The average molecular weight is 284 g/mol. The summed E-state index contributed by atoms with van der Waals surface area (Å²) in [5.74, 6) is -0.706. The molecule has 0 aromatic heterocycles. The van der Waals surface area contributed by atoms with E-state index < -0.39 is 11.4 Å². The van der Waals surface area contributed by atoms with E-state index in [1.165, 1.54) is 0 Å². The standard InChI is InChI=1S/C14H24N2O4/c1-10-6-16(7-11(2)20-10)12(17)8-15-5-4-14(3,9-15)13(18)19/h10-11H,4-9H2,1-3H3,(H,18,19). The van der Waals surface area contributed by atoms with Crippen molar-refractivity contribution in [1.29, 1.82) is 0 Å². The smallest absolute Gasteiger partial charge is 0.310 e. The zero-order valence-corrected chi connectivity index (χ0v) is 12.5. The Hall–Kier alpha value is -1.14. The summed E-state index contributed by atoms with van der Waals surface area (Å²) in [4.78, 5) is 27.3. The van der Waals surface area contributed by atoms with Crippen molar-refractivity contribution in [1.82, 2.24) is 9.80 Å². The van der Waals surface area contributed by atoms with E-state index in [0.717, 1.165) is 0 Å². The van der Waals surface area contributed by atoms with Crippen LogP contribution in [0.25, 0.3) is 0 Å². The molecule has 2 rings (SSSR count). The number of hydrogen-bond donors (Lipinski definition) is 1. The summed E-state index contributed by atoms with van der Waals surface area (Å²) in [7, 11) is 0. The molecule has 2 heterocycles. The van der Waals surface area contributed by atoms with Crippen LogP contribution in [0.1, 0.15) is 27.2 Å². The lowest BCUT2D eigenvalue weighted by Crippen LogP contribution is -2.51. The van der Waals surface area contributed by atoms with E-state index in [4.69, 9.17) is 4.74 Å². The number of ether oxygens (including phenoxy) is 1. The Balaban J connectivity index is 1.88. The number of amides is 1. The third-order valence-electron chi connectivity index (χ3n) is 4.20. The van der Waals surface area contributed by atoms with Crippen LogP contribution in [0.3, 0.4) is 0 Å². The molecule has 6 heteroatoms. The predicted molar refractivity (Wildman–Crippen MR) is 73.4 cm³/mol. The first-order chi connectivity index (χ1) is 9.30. The molecule has 0 saturated carbocycles. The maximum absolute atomic E-state index is 12.3.